The van der Waals surface area contributed by atoms with Crippen LogP contribution in [0.4, 0.5) is 0 Å². The number of aliphatic hydroxyl groups excluding tert-OH is 1. The monoisotopic (exact) mass is 273 g/mol. The molecule has 0 heterocycles. The van der Waals surface area contributed by atoms with Crippen molar-refractivity contribution >= 4 is 15.9 Å². The summed E-state index contributed by atoms with van der Waals surface area (Å²) in [5, 5.41) is 9.06. The fourth-order valence-corrected chi connectivity index (χ4v) is 2.06. The van der Waals surface area contributed by atoms with Crippen LogP contribution in [0.1, 0.15) is 22.7 Å². The molecule has 0 radical (unpaired) electrons. The van der Waals surface area contributed by atoms with Gasteiger partial charge in [0, 0.05) is 10.0 Å². The van der Waals surface area contributed by atoms with Gasteiger partial charge in [-0.25, -0.2) is 0 Å². The number of halogens is 1. The maximum atomic E-state index is 9.06. The van der Waals surface area contributed by atoms with Crippen LogP contribution >= 0.6 is 15.9 Å². The Balaban J connectivity index is 3.38. The Morgan fingerprint density at radius 1 is 1.47 bits per heavy atom. The number of methoxy groups -OCH3 is 1. The number of hydrogen-bond acceptors (Lipinski definition) is 3. The van der Waals surface area contributed by atoms with Gasteiger partial charge in [0.25, 0.3) is 0 Å². The summed E-state index contributed by atoms with van der Waals surface area (Å²) in [6, 6.07) is 1.50. The topological polar surface area (TPSA) is 55.5 Å². The van der Waals surface area contributed by atoms with Crippen LogP contribution in [0, 0.1) is 13.8 Å². The molecular weight excluding hydrogens is 258 g/mol. The van der Waals surface area contributed by atoms with E-state index in [1.807, 2.05) is 19.9 Å². The van der Waals surface area contributed by atoms with Crippen LogP contribution < -0.4 is 10.5 Å². The van der Waals surface area contributed by atoms with Crippen molar-refractivity contribution in [2.45, 2.75) is 19.9 Å². The smallest absolute Gasteiger partial charge is 0.126 e. The number of ether oxygens (including phenoxy) is 1. The van der Waals surface area contributed by atoms with Crippen molar-refractivity contribution < 1.29 is 9.84 Å². The molecule has 84 valence electrons. The first kappa shape index (κ1) is 12.5. The highest BCUT2D eigenvalue weighted by atomic mass is 79.9. The third-order valence-corrected chi connectivity index (χ3v) is 3.43. The Labute approximate surface area is 98.4 Å². The van der Waals surface area contributed by atoms with E-state index in [4.69, 9.17) is 15.6 Å². The van der Waals surface area contributed by atoms with Crippen LogP contribution in [0.3, 0.4) is 0 Å². The van der Waals surface area contributed by atoms with Gasteiger partial charge in [-0.1, -0.05) is 15.9 Å². The molecular formula is C11H16BrNO2. The quantitative estimate of drug-likeness (QED) is 0.887. The third-order valence-electron chi connectivity index (χ3n) is 2.61. The molecule has 0 spiro atoms. The molecule has 3 nitrogen and oxygen atoms in total. The van der Waals surface area contributed by atoms with Gasteiger partial charge in [-0.15, -0.1) is 0 Å². The zero-order valence-electron chi connectivity index (χ0n) is 9.17. The summed E-state index contributed by atoms with van der Waals surface area (Å²) >= 11 is 3.46. The van der Waals surface area contributed by atoms with E-state index in [0.29, 0.717) is 0 Å². The normalized spacial score (nSPS) is 12.7. The molecule has 1 atom stereocenters. The first-order valence-corrected chi connectivity index (χ1v) is 5.52. The van der Waals surface area contributed by atoms with Crippen molar-refractivity contribution in [3.8, 4) is 5.75 Å². The van der Waals surface area contributed by atoms with Gasteiger partial charge in [0.05, 0.1) is 19.8 Å². The minimum Gasteiger partial charge on any atom is -0.496 e. The summed E-state index contributed by atoms with van der Waals surface area (Å²) in [6.07, 6.45) is 0. The van der Waals surface area contributed by atoms with E-state index in [2.05, 4.69) is 15.9 Å². The Hall–Kier alpha value is -0.580. The lowest BCUT2D eigenvalue weighted by Crippen LogP contribution is -2.16. The molecule has 1 unspecified atom stereocenters. The van der Waals surface area contributed by atoms with E-state index in [-0.39, 0.29) is 6.61 Å². The fourth-order valence-electron chi connectivity index (χ4n) is 1.52. The predicted octanol–water partition coefficient (Wildman–Crippen LogP) is 2.07. The molecule has 1 rings (SSSR count). The molecule has 0 aliphatic rings. The molecule has 0 aliphatic heterocycles. The Bertz CT molecular complexity index is 366. The summed E-state index contributed by atoms with van der Waals surface area (Å²) in [7, 11) is 1.61. The standard InChI is InChI=1S/C11H16BrNO2/c1-6-7(2)11(15-3)8(4-9(6)12)10(13)5-14/h4,10,14H,5,13H2,1-3H3. The average molecular weight is 274 g/mol. The molecule has 4 heteroatoms. The molecule has 0 bridgehead atoms. The highest BCUT2D eigenvalue weighted by Crippen LogP contribution is 2.34. The summed E-state index contributed by atoms with van der Waals surface area (Å²) in [5.41, 5.74) is 8.81. The second-order valence-electron chi connectivity index (χ2n) is 3.52. The number of aliphatic hydroxyl groups is 1. The van der Waals surface area contributed by atoms with Crippen LogP contribution in [0.5, 0.6) is 5.75 Å². The van der Waals surface area contributed by atoms with Crippen LogP contribution in [0.2, 0.25) is 0 Å². The number of benzene rings is 1. The van der Waals surface area contributed by atoms with E-state index in [0.717, 1.165) is 26.9 Å². The van der Waals surface area contributed by atoms with Gasteiger partial charge in [0.15, 0.2) is 0 Å². The van der Waals surface area contributed by atoms with Crippen molar-refractivity contribution in [2.75, 3.05) is 13.7 Å². The van der Waals surface area contributed by atoms with Crippen LogP contribution in [0.25, 0.3) is 0 Å². The highest BCUT2D eigenvalue weighted by Gasteiger charge is 2.16. The SMILES string of the molecule is COc1c(C(N)CO)cc(Br)c(C)c1C. The van der Waals surface area contributed by atoms with Gasteiger partial charge >= 0.3 is 0 Å². The fraction of sp³-hybridized carbons (Fsp3) is 0.455. The third kappa shape index (κ3) is 2.33. The van der Waals surface area contributed by atoms with Crippen molar-refractivity contribution in [1.29, 1.82) is 0 Å². The van der Waals surface area contributed by atoms with Crippen molar-refractivity contribution in [1.82, 2.24) is 0 Å². The Kier molecular flexibility index (Phi) is 4.13. The molecule has 0 aromatic heterocycles. The van der Waals surface area contributed by atoms with Gasteiger partial charge in [0.1, 0.15) is 5.75 Å². The molecule has 3 N–H and O–H groups in total. The zero-order valence-corrected chi connectivity index (χ0v) is 10.8. The maximum absolute atomic E-state index is 9.06. The molecule has 0 fully saturated rings. The molecule has 0 aliphatic carbocycles. The number of hydrogen-bond donors (Lipinski definition) is 2. The lowest BCUT2D eigenvalue weighted by Gasteiger charge is -2.18. The van der Waals surface area contributed by atoms with Crippen molar-refractivity contribution in [3.05, 3.63) is 27.2 Å². The highest BCUT2D eigenvalue weighted by molar-refractivity contribution is 9.10. The van der Waals surface area contributed by atoms with E-state index in [1.54, 1.807) is 7.11 Å². The second kappa shape index (κ2) is 4.96. The first-order valence-electron chi connectivity index (χ1n) is 4.73. The van der Waals surface area contributed by atoms with E-state index in [9.17, 15) is 0 Å². The van der Waals surface area contributed by atoms with Crippen molar-refractivity contribution in [3.63, 3.8) is 0 Å². The summed E-state index contributed by atoms with van der Waals surface area (Å²) in [4.78, 5) is 0. The maximum Gasteiger partial charge on any atom is 0.126 e. The summed E-state index contributed by atoms with van der Waals surface area (Å²) in [6.45, 7) is 3.90. The minimum atomic E-state index is -0.407. The Morgan fingerprint density at radius 3 is 2.53 bits per heavy atom. The largest absolute Gasteiger partial charge is 0.496 e. The van der Waals surface area contributed by atoms with Gasteiger partial charge in [-0.3, -0.25) is 0 Å². The molecule has 0 saturated heterocycles. The lowest BCUT2D eigenvalue weighted by atomic mass is 10.00. The van der Waals surface area contributed by atoms with Gasteiger partial charge in [-0.05, 0) is 31.0 Å². The molecule has 0 saturated carbocycles. The lowest BCUT2D eigenvalue weighted by molar-refractivity contribution is 0.264. The van der Waals surface area contributed by atoms with Gasteiger partial charge in [0.2, 0.25) is 0 Å². The molecule has 0 amide bonds. The van der Waals surface area contributed by atoms with E-state index in [1.165, 1.54) is 0 Å². The Morgan fingerprint density at radius 2 is 2.07 bits per heavy atom. The predicted molar refractivity (Wildman–Crippen MR) is 64.2 cm³/mol. The summed E-state index contributed by atoms with van der Waals surface area (Å²) in [5.74, 6) is 0.761. The zero-order chi connectivity index (χ0) is 11.6. The molecule has 1 aromatic carbocycles. The first-order chi connectivity index (χ1) is 7.02. The second-order valence-corrected chi connectivity index (χ2v) is 4.37. The average Bonchev–Trinajstić information content (AvgIpc) is 2.24. The number of rotatable bonds is 3. The van der Waals surface area contributed by atoms with Crippen LogP contribution in [-0.2, 0) is 0 Å². The molecule has 1 aromatic rings. The van der Waals surface area contributed by atoms with Gasteiger partial charge in [-0.2, -0.15) is 0 Å². The minimum absolute atomic E-state index is 0.0920. The number of nitrogens with two attached hydrogens (primary N) is 1. The van der Waals surface area contributed by atoms with Crippen LogP contribution in [0.15, 0.2) is 10.5 Å². The summed E-state index contributed by atoms with van der Waals surface area (Å²) < 4.78 is 6.31. The van der Waals surface area contributed by atoms with Crippen molar-refractivity contribution in [2.24, 2.45) is 5.73 Å². The molecule has 15 heavy (non-hydrogen) atoms. The van der Waals surface area contributed by atoms with Crippen LogP contribution in [-0.4, -0.2) is 18.8 Å². The van der Waals surface area contributed by atoms with Gasteiger partial charge < -0.3 is 15.6 Å². The van der Waals surface area contributed by atoms with E-state index < -0.39 is 6.04 Å². The van der Waals surface area contributed by atoms with E-state index >= 15 is 0 Å².